The van der Waals surface area contributed by atoms with Gasteiger partial charge in [-0.1, -0.05) is 12.1 Å². The molecule has 1 N–H and O–H groups in total. The zero-order valence-corrected chi connectivity index (χ0v) is 11.4. The molecule has 0 spiro atoms. The van der Waals surface area contributed by atoms with E-state index in [1.54, 1.807) is 6.20 Å². The highest BCUT2D eigenvalue weighted by Gasteiger charge is 1.99. The Morgan fingerprint density at radius 3 is 2.65 bits per heavy atom. The maximum Gasteiger partial charge on any atom is 0.0729 e. The number of aryl methyl sites for hydroxylation is 1. The lowest BCUT2D eigenvalue weighted by Crippen LogP contribution is -2.00. The molecule has 0 saturated heterocycles. The maximum atomic E-state index is 4.24. The minimum atomic E-state index is 0.787. The van der Waals surface area contributed by atoms with Gasteiger partial charge in [0.25, 0.3) is 0 Å². The van der Waals surface area contributed by atoms with Crippen LogP contribution in [-0.4, -0.2) is 19.6 Å². The molecule has 0 saturated carbocycles. The molecular formula is C15H17N5. The number of nitrogens with one attached hydrogen (secondary N) is 1. The summed E-state index contributed by atoms with van der Waals surface area (Å²) in [5.41, 5.74) is 3.34. The fourth-order valence-corrected chi connectivity index (χ4v) is 2.02. The molecule has 0 fully saturated rings. The highest BCUT2D eigenvalue weighted by molar-refractivity contribution is 5.40. The molecule has 2 heterocycles. The van der Waals surface area contributed by atoms with Crippen molar-refractivity contribution in [3.05, 3.63) is 60.7 Å². The number of nitrogens with zero attached hydrogens (tertiary/aromatic N) is 4. The number of aromatic nitrogens is 4. The van der Waals surface area contributed by atoms with Gasteiger partial charge in [-0.2, -0.15) is 10.2 Å². The second-order valence-electron chi connectivity index (χ2n) is 4.56. The van der Waals surface area contributed by atoms with Crippen molar-refractivity contribution in [2.75, 3.05) is 5.32 Å². The van der Waals surface area contributed by atoms with E-state index < -0.39 is 0 Å². The molecule has 5 heteroatoms. The number of hydrogen-bond acceptors (Lipinski definition) is 3. The van der Waals surface area contributed by atoms with Crippen LogP contribution in [0.3, 0.4) is 0 Å². The minimum Gasteiger partial charge on any atom is -0.378 e. The molecule has 0 unspecified atom stereocenters. The Hall–Kier alpha value is -2.56. The van der Waals surface area contributed by atoms with Crippen LogP contribution < -0.4 is 5.32 Å². The van der Waals surface area contributed by atoms with Gasteiger partial charge in [0.05, 0.1) is 17.6 Å². The molecule has 0 aliphatic carbocycles. The predicted octanol–water partition coefficient (Wildman–Crippen LogP) is 2.70. The number of hydrogen-bond donors (Lipinski definition) is 1. The number of benzene rings is 1. The van der Waals surface area contributed by atoms with Gasteiger partial charge in [-0.15, -0.1) is 0 Å². The first-order valence-electron chi connectivity index (χ1n) is 6.70. The molecule has 0 amide bonds. The van der Waals surface area contributed by atoms with Crippen LogP contribution in [0, 0.1) is 0 Å². The summed E-state index contributed by atoms with van der Waals surface area (Å²) in [6.45, 7) is 3.75. The average molecular weight is 267 g/mol. The molecule has 3 rings (SSSR count). The standard InChI is InChI=1S/C15H17N5/c1-2-19-12-14(11-18-19)16-10-13-4-6-15(7-5-13)20-9-3-8-17-20/h3-9,11-12,16H,2,10H2,1H3. The van der Waals surface area contributed by atoms with E-state index in [0.717, 1.165) is 24.5 Å². The van der Waals surface area contributed by atoms with E-state index >= 15 is 0 Å². The summed E-state index contributed by atoms with van der Waals surface area (Å²) in [6.07, 6.45) is 7.58. The average Bonchev–Trinajstić information content (AvgIpc) is 3.17. The van der Waals surface area contributed by atoms with Crippen LogP contribution in [0.25, 0.3) is 5.69 Å². The molecule has 1 aromatic carbocycles. The van der Waals surface area contributed by atoms with Crippen molar-refractivity contribution in [2.24, 2.45) is 0 Å². The van der Waals surface area contributed by atoms with Gasteiger partial charge in [-0.05, 0) is 30.7 Å². The molecule has 0 aliphatic heterocycles. The fourth-order valence-electron chi connectivity index (χ4n) is 2.02. The van der Waals surface area contributed by atoms with E-state index in [9.17, 15) is 0 Å². The largest absolute Gasteiger partial charge is 0.378 e. The topological polar surface area (TPSA) is 47.7 Å². The van der Waals surface area contributed by atoms with Gasteiger partial charge in [-0.25, -0.2) is 4.68 Å². The summed E-state index contributed by atoms with van der Waals surface area (Å²) in [5, 5.41) is 11.8. The van der Waals surface area contributed by atoms with Gasteiger partial charge in [0.2, 0.25) is 0 Å². The van der Waals surface area contributed by atoms with Gasteiger partial charge in [0.1, 0.15) is 0 Å². The molecule has 0 radical (unpaired) electrons. The molecule has 5 nitrogen and oxygen atoms in total. The Morgan fingerprint density at radius 2 is 2.00 bits per heavy atom. The lowest BCUT2D eigenvalue weighted by molar-refractivity contribution is 0.660. The third-order valence-electron chi connectivity index (χ3n) is 3.16. The molecule has 3 aromatic rings. The van der Waals surface area contributed by atoms with E-state index in [2.05, 4.69) is 46.7 Å². The molecule has 0 aliphatic rings. The lowest BCUT2D eigenvalue weighted by Gasteiger charge is -2.05. The van der Waals surface area contributed by atoms with Crippen LogP contribution in [0.1, 0.15) is 12.5 Å². The highest BCUT2D eigenvalue weighted by Crippen LogP contribution is 2.11. The van der Waals surface area contributed by atoms with Crippen LogP contribution in [0.4, 0.5) is 5.69 Å². The van der Waals surface area contributed by atoms with E-state index in [1.165, 1.54) is 5.56 Å². The van der Waals surface area contributed by atoms with Crippen LogP contribution in [-0.2, 0) is 13.1 Å². The van der Waals surface area contributed by atoms with Crippen LogP contribution in [0.2, 0.25) is 0 Å². The predicted molar refractivity (Wildman–Crippen MR) is 78.8 cm³/mol. The van der Waals surface area contributed by atoms with E-state index in [-0.39, 0.29) is 0 Å². The third-order valence-corrected chi connectivity index (χ3v) is 3.16. The van der Waals surface area contributed by atoms with Gasteiger partial charge in [-0.3, -0.25) is 4.68 Å². The fraction of sp³-hybridized carbons (Fsp3) is 0.200. The minimum absolute atomic E-state index is 0.787. The van der Waals surface area contributed by atoms with Gasteiger partial charge >= 0.3 is 0 Å². The molecule has 20 heavy (non-hydrogen) atoms. The second kappa shape index (κ2) is 5.61. The zero-order chi connectivity index (χ0) is 13.8. The summed E-state index contributed by atoms with van der Waals surface area (Å²) in [4.78, 5) is 0. The Balaban J connectivity index is 1.63. The SMILES string of the molecule is CCn1cc(NCc2ccc(-n3cccn3)cc2)cn1. The third kappa shape index (κ3) is 2.71. The Bertz CT molecular complexity index is 652. The number of rotatable bonds is 5. The normalized spacial score (nSPS) is 10.7. The smallest absolute Gasteiger partial charge is 0.0729 e. The Morgan fingerprint density at radius 1 is 1.15 bits per heavy atom. The summed E-state index contributed by atoms with van der Waals surface area (Å²) in [5.74, 6) is 0. The van der Waals surface area contributed by atoms with Crippen molar-refractivity contribution in [1.29, 1.82) is 0 Å². The number of anilines is 1. The van der Waals surface area contributed by atoms with Crippen molar-refractivity contribution in [1.82, 2.24) is 19.6 Å². The van der Waals surface area contributed by atoms with Crippen molar-refractivity contribution >= 4 is 5.69 Å². The monoisotopic (exact) mass is 267 g/mol. The first-order valence-corrected chi connectivity index (χ1v) is 6.70. The highest BCUT2D eigenvalue weighted by atomic mass is 15.3. The van der Waals surface area contributed by atoms with Crippen molar-refractivity contribution < 1.29 is 0 Å². The Kier molecular flexibility index (Phi) is 3.50. The quantitative estimate of drug-likeness (QED) is 0.773. The van der Waals surface area contributed by atoms with Crippen molar-refractivity contribution in [3.8, 4) is 5.69 Å². The van der Waals surface area contributed by atoms with Gasteiger partial charge in [0.15, 0.2) is 0 Å². The summed E-state index contributed by atoms with van der Waals surface area (Å²) >= 11 is 0. The van der Waals surface area contributed by atoms with Gasteiger partial charge < -0.3 is 5.32 Å². The first kappa shape index (κ1) is 12.5. The maximum absolute atomic E-state index is 4.24. The van der Waals surface area contributed by atoms with E-state index in [0.29, 0.717) is 0 Å². The van der Waals surface area contributed by atoms with Crippen LogP contribution >= 0.6 is 0 Å². The van der Waals surface area contributed by atoms with Gasteiger partial charge in [0, 0.05) is 31.7 Å². The van der Waals surface area contributed by atoms with Crippen molar-refractivity contribution in [3.63, 3.8) is 0 Å². The lowest BCUT2D eigenvalue weighted by atomic mass is 10.2. The van der Waals surface area contributed by atoms with Crippen LogP contribution in [0.15, 0.2) is 55.1 Å². The summed E-state index contributed by atoms with van der Waals surface area (Å²) < 4.78 is 3.76. The molecule has 102 valence electrons. The second-order valence-corrected chi connectivity index (χ2v) is 4.56. The summed E-state index contributed by atoms with van der Waals surface area (Å²) in [7, 11) is 0. The molecule has 0 bridgehead atoms. The molecule has 0 atom stereocenters. The summed E-state index contributed by atoms with van der Waals surface area (Å²) in [6, 6.07) is 10.3. The van der Waals surface area contributed by atoms with Crippen molar-refractivity contribution in [2.45, 2.75) is 20.0 Å². The van der Waals surface area contributed by atoms with E-state index in [1.807, 2.05) is 34.0 Å². The van der Waals surface area contributed by atoms with E-state index in [4.69, 9.17) is 0 Å². The molecular weight excluding hydrogens is 250 g/mol. The zero-order valence-electron chi connectivity index (χ0n) is 11.4. The van der Waals surface area contributed by atoms with Crippen LogP contribution in [0.5, 0.6) is 0 Å². The Labute approximate surface area is 117 Å². The molecule has 2 aromatic heterocycles. The first-order chi connectivity index (χ1) is 9.85.